The quantitative estimate of drug-likeness (QED) is 0.673. The van der Waals surface area contributed by atoms with Gasteiger partial charge in [0.05, 0.1) is 12.2 Å². The van der Waals surface area contributed by atoms with Gasteiger partial charge >= 0.3 is 0 Å². The van der Waals surface area contributed by atoms with Crippen LogP contribution in [0.15, 0.2) is 60.8 Å². The molecular weight excluding hydrogens is 310 g/mol. The van der Waals surface area contributed by atoms with E-state index in [2.05, 4.69) is 22.2 Å². The monoisotopic (exact) mass is 329 g/mol. The van der Waals surface area contributed by atoms with E-state index in [0.717, 1.165) is 48.4 Å². The van der Waals surface area contributed by atoms with Gasteiger partial charge < -0.3 is 4.74 Å². The molecule has 0 N–H and O–H groups in total. The van der Waals surface area contributed by atoms with Gasteiger partial charge in [-0.2, -0.15) is 0 Å². The molecule has 4 nitrogen and oxygen atoms in total. The first-order valence-corrected chi connectivity index (χ1v) is 8.56. The number of aromatic nitrogens is 3. The van der Waals surface area contributed by atoms with Crippen molar-refractivity contribution in [3.8, 4) is 23.1 Å². The highest BCUT2D eigenvalue weighted by Gasteiger charge is 2.18. The van der Waals surface area contributed by atoms with Crippen molar-refractivity contribution >= 4 is 0 Å². The average molecular weight is 329 g/mol. The molecule has 1 saturated heterocycles. The van der Waals surface area contributed by atoms with Crippen molar-refractivity contribution in [1.82, 2.24) is 15.0 Å². The molecular formula is C21H19N3O. The summed E-state index contributed by atoms with van der Waals surface area (Å²) < 4.78 is 7.40. The van der Waals surface area contributed by atoms with Gasteiger partial charge in [0.2, 0.25) is 0 Å². The highest BCUT2D eigenvalue weighted by molar-refractivity contribution is 5.67. The molecule has 1 fully saturated rings. The maximum absolute atomic E-state index is 5.43. The number of ether oxygens (including phenoxy) is 1. The molecule has 1 aliphatic heterocycles. The summed E-state index contributed by atoms with van der Waals surface area (Å²) in [7, 11) is 0. The fraction of sp³-hybridized carbons (Fsp3) is 0.238. The summed E-state index contributed by atoms with van der Waals surface area (Å²) in [4.78, 5) is 0. The summed E-state index contributed by atoms with van der Waals surface area (Å²) in [6, 6.07) is 18.5. The molecule has 0 bridgehead atoms. The number of hydrogen-bond donors (Lipinski definition) is 0. The van der Waals surface area contributed by atoms with Gasteiger partial charge in [-0.3, -0.25) is 0 Å². The fourth-order valence-electron chi connectivity index (χ4n) is 3.00. The van der Waals surface area contributed by atoms with Crippen molar-refractivity contribution in [1.29, 1.82) is 0 Å². The Labute approximate surface area is 147 Å². The molecule has 1 aliphatic rings. The zero-order chi connectivity index (χ0) is 16.9. The molecule has 0 aliphatic carbocycles. The van der Waals surface area contributed by atoms with Crippen LogP contribution in [0.3, 0.4) is 0 Å². The minimum Gasteiger partial charge on any atom is -0.381 e. The summed E-state index contributed by atoms with van der Waals surface area (Å²) in [5.41, 5.74) is 3.85. The van der Waals surface area contributed by atoms with Crippen molar-refractivity contribution in [2.24, 2.45) is 0 Å². The molecule has 4 heteroatoms. The van der Waals surface area contributed by atoms with Crippen LogP contribution in [0.5, 0.6) is 0 Å². The maximum Gasteiger partial charge on any atom is 0.114 e. The largest absolute Gasteiger partial charge is 0.381 e. The van der Waals surface area contributed by atoms with Crippen LogP contribution in [0.1, 0.15) is 30.0 Å². The van der Waals surface area contributed by atoms with Gasteiger partial charge in [-0.05, 0) is 31.0 Å². The topological polar surface area (TPSA) is 39.9 Å². The van der Waals surface area contributed by atoms with Gasteiger partial charge in [-0.1, -0.05) is 53.5 Å². The Morgan fingerprint density at radius 3 is 2.52 bits per heavy atom. The van der Waals surface area contributed by atoms with Gasteiger partial charge in [0.1, 0.15) is 5.69 Å². The third kappa shape index (κ3) is 3.62. The second-order valence-corrected chi connectivity index (χ2v) is 6.09. The Hall–Kier alpha value is -2.90. The van der Waals surface area contributed by atoms with Crippen LogP contribution in [0.2, 0.25) is 0 Å². The van der Waals surface area contributed by atoms with E-state index >= 15 is 0 Å². The molecule has 0 spiro atoms. The lowest BCUT2D eigenvalue weighted by molar-refractivity contribution is 0.0657. The first kappa shape index (κ1) is 15.6. The summed E-state index contributed by atoms with van der Waals surface area (Å²) >= 11 is 0. The van der Waals surface area contributed by atoms with E-state index in [0.29, 0.717) is 6.04 Å². The van der Waals surface area contributed by atoms with Crippen molar-refractivity contribution < 1.29 is 4.74 Å². The molecule has 0 atom stereocenters. The van der Waals surface area contributed by atoms with Crippen molar-refractivity contribution in [2.45, 2.75) is 18.9 Å². The van der Waals surface area contributed by atoms with E-state index < -0.39 is 0 Å². The first-order chi connectivity index (χ1) is 12.4. The molecule has 0 unspecified atom stereocenters. The molecule has 1 aromatic heterocycles. The number of hydrogen-bond acceptors (Lipinski definition) is 3. The minimum absolute atomic E-state index is 0.373. The Kier molecular flexibility index (Phi) is 4.58. The van der Waals surface area contributed by atoms with Crippen molar-refractivity contribution in [3.05, 3.63) is 71.9 Å². The van der Waals surface area contributed by atoms with E-state index in [-0.39, 0.29) is 0 Å². The lowest BCUT2D eigenvalue weighted by atomic mass is 10.0. The first-order valence-electron chi connectivity index (χ1n) is 8.56. The highest BCUT2D eigenvalue weighted by Crippen LogP contribution is 2.24. The molecule has 4 rings (SSSR count). The smallest absolute Gasteiger partial charge is 0.114 e. The second kappa shape index (κ2) is 7.33. The third-order valence-electron chi connectivity index (χ3n) is 4.39. The van der Waals surface area contributed by atoms with Crippen LogP contribution in [-0.2, 0) is 4.74 Å². The van der Waals surface area contributed by atoms with Crippen molar-refractivity contribution in [3.63, 3.8) is 0 Å². The van der Waals surface area contributed by atoms with Gasteiger partial charge in [-0.25, -0.2) is 4.68 Å². The number of benzene rings is 2. The highest BCUT2D eigenvalue weighted by atomic mass is 16.5. The lowest BCUT2D eigenvalue weighted by Crippen LogP contribution is -2.19. The molecule has 25 heavy (non-hydrogen) atoms. The van der Waals surface area contributed by atoms with Crippen LogP contribution in [0.25, 0.3) is 11.3 Å². The number of nitrogens with zero attached hydrogens (tertiary/aromatic N) is 3. The predicted octanol–water partition coefficient (Wildman–Crippen LogP) is 3.70. The van der Waals surface area contributed by atoms with Crippen LogP contribution >= 0.6 is 0 Å². The van der Waals surface area contributed by atoms with E-state index in [1.807, 2.05) is 65.5 Å². The van der Waals surface area contributed by atoms with Crippen LogP contribution < -0.4 is 0 Å². The van der Waals surface area contributed by atoms with Gasteiger partial charge in [0.25, 0.3) is 0 Å². The predicted molar refractivity (Wildman–Crippen MR) is 97.0 cm³/mol. The summed E-state index contributed by atoms with van der Waals surface area (Å²) in [5, 5.41) is 8.72. The van der Waals surface area contributed by atoms with Gasteiger partial charge in [0.15, 0.2) is 0 Å². The van der Waals surface area contributed by atoms with E-state index in [4.69, 9.17) is 4.74 Å². The standard InChI is InChI=1S/C21H19N3O/c1-2-6-17(7-3-1)10-11-18-8-4-5-9-20(18)21-16-24(23-22-21)19-12-14-25-15-13-19/h1-9,16,19H,12-15H2. The molecule has 3 aromatic rings. The van der Waals surface area contributed by atoms with E-state index in [1.165, 1.54) is 0 Å². The zero-order valence-corrected chi connectivity index (χ0v) is 13.9. The molecule has 2 heterocycles. The summed E-state index contributed by atoms with van der Waals surface area (Å²) in [5.74, 6) is 6.49. The lowest BCUT2D eigenvalue weighted by Gasteiger charge is -2.21. The van der Waals surface area contributed by atoms with Crippen LogP contribution in [0, 0.1) is 11.8 Å². The van der Waals surface area contributed by atoms with E-state index in [1.54, 1.807) is 0 Å². The molecule has 0 saturated carbocycles. The Bertz CT molecular complexity index is 899. The zero-order valence-electron chi connectivity index (χ0n) is 13.9. The second-order valence-electron chi connectivity index (χ2n) is 6.09. The summed E-state index contributed by atoms with van der Waals surface area (Å²) in [6.07, 6.45) is 4.00. The SMILES string of the molecule is C(#Cc1ccccc1-c1cn(C2CCOCC2)nn1)c1ccccc1. The fourth-order valence-corrected chi connectivity index (χ4v) is 3.00. The third-order valence-corrected chi connectivity index (χ3v) is 4.39. The van der Waals surface area contributed by atoms with Gasteiger partial charge in [0, 0.05) is 29.9 Å². The minimum atomic E-state index is 0.373. The normalized spacial score (nSPS) is 14.7. The van der Waals surface area contributed by atoms with Gasteiger partial charge in [-0.15, -0.1) is 5.10 Å². The molecule has 0 amide bonds. The Morgan fingerprint density at radius 2 is 1.68 bits per heavy atom. The molecule has 0 radical (unpaired) electrons. The van der Waals surface area contributed by atoms with Crippen LogP contribution in [0.4, 0.5) is 0 Å². The van der Waals surface area contributed by atoms with Crippen LogP contribution in [-0.4, -0.2) is 28.2 Å². The average Bonchev–Trinajstić information content (AvgIpc) is 3.18. The Balaban J connectivity index is 1.63. The Morgan fingerprint density at radius 1 is 0.920 bits per heavy atom. The summed E-state index contributed by atoms with van der Waals surface area (Å²) in [6.45, 7) is 1.58. The van der Waals surface area contributed by atoms with Crippen molar-refractivity contribution in [2.75, 3.05) is 13.2 Å². The molecule has 2 aromatic carbocycles. The molecule has 124 valence electrons. The van der Waals surface area contributed by atoms with E-state index in [9.17, 15) is 0 Å². The maximum atomic E-state index is 5.43. The number of rotatable bonds is 2.